The Morgan fingerprint density at radius 2 is 2.12 bits per heavy atom. The molecule has 1 atom stereocenters. The molecule has 1 aromatic carbocycles. The normalized spacial score (nSPS) is 13.3. The number of nitrogens with one attached hydrogen (secondary N) is 1. The van der Waals surface area contributed by atoms with Gasteiger partial charge in [0.1, 0.15) is 0 Å². The molecule has 0 fully saturated rings. The van der Waals surface area contributed by atoms with Crippen molar-refractivity contribution in [3.8, 4) is 0 Å². The standard InChI is InChI=1S/C12H15BrClNO/c1-8(13)12(2,3)15-11(16)9-5-4-6-10(14)7-9/h4-8H,1-3H3,(H,15,16). The van der Waals surface area contributed by atoms with Gasteiger partial charge in [0, 0.05) is 21.0 Å². The molecule has 0 aromatic heterocycles. The average molecular weight is 305 g/mol. The fourth-order valence-electron chi connectivity index (χ4n) is 1.09. The first-order valence-electron chi connectivity index (χ1n) is 5.05. The van der Waals surface area contributed by atoms with Crippen molar-refractivity contribution in [2.24, 2.45) is 0 Å². The fraction of sp³-hybridized carbons (Fsp3) is 0.417. The van der Waals surface area contributed by atoms with Crippen LogP contribution >= 0.6 is 27.5 Å². The van der Waals surface area contributed by atoms with Crippen LogP contribution in [0.1, 0.15) is 31.1 Å². The van der Waals surface area contributed by atoms with E-state index >= 15 is 0 Å². The van der Waals surface area contributed by atoms with E-state index in [1.54, 1.807) is 24.3 Å². The quantitative estimate of drug-likeness (QED) is 0.849. The van der Waals surface area contributed by atoms with E-state index in [1.165, 1.54) is 0 Å². The van der Waals surface area contributed by atoms with E-state index in [4.69, 9.17) is 11.6 Å². The van der Waals surface area contributed by atoms with Gasteiger partial charge >= 0.3 is 0 Å². The Balaban J connectivity index is 2.81. The van der Waals surface area contributed by atoms with E-state index < -0.39 is 0 Å². The molecule has 1 aromatic rings. The minimum Gasteiger partial charge on any atom is -0.346 e. The summed E-state index contributed by atoms with van der Waals surface area (Å²) in [6.45, 7) is 5.93. The van der Waals surface area contributed by atoms with E-state index in [0.29, 0.717) is 10.6 Å². The predicted octanol–water partition coefficient (Wildman–Crippen LogP) is 3.63. The SMILES string of the molecule is CC(Br)C(C)(C)NC(=O)c1cccc(Cl)c1. The summed E-state index contributed by atoms with van der Waals surface area (Å²) in [5.74, 6) is -0.112. The van der Waals surface area contributed by atoms with Gasteiger partial charge in [-0.2, -0.15) is 0 Å². The number of carbonyl (C=O) groups excluding carboxylic acids is 1. The Morgan fingerprint density at radius 3 is 2.62 bits per heavy atom. The largest absolute Gasteiger partial charge is 0.346 e. The number of benzene rings is 1. The Morgan fingerprint density at radius 1 is 1.50 bits per heavy atom. The van der Waals surface area contributed by atoms with Crippen molar-refractivity contribution in [2.45, 2.75) is 31.1 Å². The van der Waals surface area contributed by atoms with Gasteiger partial charge in [-0.25, -0.2) is 0 Å². The number of amides is 1. The molecule has 0 heterocycles. The van der Waals surface area contributed by atoms with Crippen LogP contribution in [0.3, 0.4) is 0 Å². The second kappa shape index (κ2) is 5.19. The number of carbonyl (C=O) groups is 1. The first-order valence-corrected chi connectivity index (χ1v) is 6.34. The van der Waals surface area contributed by atoms with Crippen molar-refractivity contribution in [3.05, 3.63) is 34.9 Å². The molecular formula is C12H15BrClNO. The maximum atomic E-state index is 11.9. The topological polar surface area (TPSA) is 29.1 Å². The third-order valence-corrected chi connectivity index (χ3v) is 3.90. The third kappa shape index (κ3) is 3.49. The summed E-state index contributed by atoms with van der Waals surface area (Å²) < 4.78 is 0. The van der Waals surface area contributed by atoms with Gasteiger partial charge in [-0.15, -0.1) is 0 Å². The fourth-order valence-corrected chi connectivity index (χ4v) is 1.40. The first kappa shape index (κ1) is 13.5. The van der Waals surface area contributed by atoms with Crippen molar-refractivity contribution in [2.75, 3.05) is 0 Å². The molecule has 2 nitrogen and oxygen atoms in total. The monoisotopic (exact) mass is 303 g/mol. The average Bonchev–Trinajstić information content (AvgIpc) is 2.16. The highest BCUT2D eigenvalue weighted by Crippen LogP contribution is 2.18. The summed E-state index contributed by atoms with van der Waals surface area (Å²) in [6, 6.07) is 6.92. The molecule has 0 aliphatic heterocycles. The van der Waals surface area contributed by atoms with Crippen LogP contribution in [0.4, 0.5) is 0 Å². The second-order valence-electron chi connectivity index (χ2n) is 4.30. The number of hydrogen-bond donors (Lipinski definition) is 1. The molecule has 1 unspecified atom stereocenters. The number of halogens is 2. The van der Waals surface area contributed by atoms with Gasteiger partial charge in [-0.3, -0.25) is 4.79 Å². The van der Waals surface area contributed by atoms with Gasteiger partial charge in [-0.05, 0) is 32.0 Å². The second-order valence-corrected chi connectivity index (χ2v) is 6.11. The molecule has 16 heavy (non-hydrogen) atoms. The zero-order valence-corrected chi connectivity index (χ0v) is 11.9. The van der Waals surface area contributed by atoms with E-state index in [9.17, 15) is 4.79 Å². The highest BCUT2D eigenvalue weighted by Gasteiger charge is 2.26. The molecule has 0 radical (unpaired) electrons. The molecule has 0 aliphatic rings. The summed E-state index contributed by atoms with van der Waals surface area (Å²) in [5, 5.41) is 3.52. The minimum absolute atomic E-state index is 0.112. The molecule has 4 heteroatoms. The van der Waals surface area contributed by atoms with Crippen LogP contribution in [0.15, 0.2) is 24.3 Å². The maximum absolute atomic E-state index is 11.9. The molecule has 88 valence electrons. The smallest absolute Gasteiger partial charge is 0.251 e. The molecule has 1 rings (SSSR count). The summed E-state index contributed by atoms with van der Waals surface area (Å²) in [5.41, 5.74) is 0.271. The summed E-state index contributed by atoms with van der Waals surface area (Å²) >= 11 is 9.30. The third-order valence-electron chi connectivity index (χ3n) is 2.52. The summed E-state index contributed by atoms with van der Waals surface area (Å²) in [6.07, 6.45) is 0. The van der Waals surface area contributed by atoms with Crippen LogP contribution in [0.2, 0.25) is 5.02 Å². The summed E-state index contributed by atoms with van der Waals surface area (Å²) in [4.78, 5) is 12.1. The van der Waals surface area contributed by atoms with E-state index in [0.717, 1.165) is 0 Å². The van der Waals surface area contributed by atoms with E-state index in [2.05, 4.69) is 21.2 Å². The Kier molecular flexibility index (Phi) is 4.39. The molecule has 1 amide bonds. The van der Waals surface area contributed by atoms with Gasteiger partial charge in [0.15, 0.2) is 0 Å². The predicted molar refractivity (Wildman–Crippen MR) is 71.4 cm³/mol. The number of rotatable bonds is 3. The molecule has 0 spiro atoms. The Hall–Kier alpha value is -0.540. The van der Waals surface area contributed by atoms with E-state index in [-0.39, 0.29) is 16.3 Å². The number of alkyl halides is 1. The van der Waals surface area contributed by atoms with Crippen molar-refractivity contribution < 1.29 is 4.79 Å². The van der Waals surface area contributed by atoms with Gasteiger partial charge in [-0.1, -0.05) is 40.5 Å². The van der Waals surface area contributed by atoms with Crippen LogP contribution in [0, 0.1) is 0 Å². The summed E-state index contributed by atoms with van der Waals surface area (Å²) in [7, 11) is 0. The molecule has 0 aliphatic carbocycles. The zero-order chi connectivity index (χ0) is 12.3. The van der Waals surface area contributed by atoms with Crippen LogP contribution in [0.25, 0.3) is 0 Å². The number of hydrogen-bond acceptors (Lipinski definition) is 1. The zero-order valence-electron chi connectivity index (χ0n) is 9.55. The van der Waals surface area contributed by atoms with Crippen LogP contribution in [-0.4, -0.2) is 16.3 Å². The van der Waals surface area contributed by atoms with E-state index in [1.807, 2.05) is 20.8 Å². The lowest BCUT2D eigenvalue weighted by molar-refractivity contribution is 0.0914. The highest BCUT2D eigenvalue weighted by molar-refractivity contribution is 9.09. The van der Waals surface area contributed by atoms with Gasteiger partial charge in [0.25, 0.3) is 5.91 Å². The van der Waals surface area contributed by atoms with Gasteiger partial charge < -0.3 is 5.32 Å². The van der Waals surface area contributed by atoms with Crippen molar-refractivity contribution in [3.63, 3.8) is 0 Å². The molecule has 0 saturated carbocycles. The highest BCUT2D eigenvalue weighted by atomic mass is 79.9. The molecule has 0 bridgehead atoms. The van der Waals surface area contributed by atoms with Gasteiger partial charge in [0.05, 0.1) is 0 Å². The maximum Gasteiger partial charge on any atom is 0.251 e. The van der Waals surface area contributed by atoms with Crippen molar-refractivity contribution in [1.29, 1.82) is 0 Å². The van der Waals surface area contributed by atoms with Crippen molar-refractivity contribution in [1.82, 2.24) is 5.32 Å². The Labute approximate surface area is 110 Å². The lowest BCUT2D eigenvalue weighted by Gasteiger charge is -2.29. The Bertz CT molecular complexity index is 390. The van der Waals surface area contributed by atoms with Gasteiger partial charge in [0.2, 0.25) is 0 Å². The van der Waals surface area contributed by atoms with Crippen LogP contribution in [-0.2, 0) is 0 Å². The molecular weight excluding hydrogens is 289 g/mol. The lowest BCUT2D eigenvalue weighted by Crippen LogP contribution is -2.48. The minimum atomic E-state index is -0.306. The first-order chi connectivity index (χ1) is 7.33. The van der Waals surface area contributed by atoms with Crippen LogP contribution < -0.4 is 5.32 Å². The molecule has 1 N–H and O–H groups in total. The lowest BCUT2D eigenvalue weighted by atomic mass is 10.0. The van der Waals surface area contributed by atoms with Crippen molar-refractivity contribution >= 4 is 33.4 Å². The van der Waals surface area contributed by atoms with Crippen LogP contribution in [0.5, 0.6) is 0 Å². The molecule has 0 saturated heterocycles.